The molecule has 1 nitrogen and oxygen atoms in total. The fourth-order valence-corrected chi connectivity index (χ4v) is 2.43. The van der Waals surface area contributed by atoms with E-state index in [0.29, 0.717) is 6.07 Å². The quantitative estimate of drug-likeness (QED) is 0.551. The number of aliphatic hydroxyl groups is 1. The zero-order valence-electron chi connectivity index (χ0n) is 9.60. The van der Waals surface area contributed by atoms with Crippen LogP contribution in [0.3, 0.4) is 0 Å². The number of rotatable bonds is 2. The van der Waals surface area contributed by atoms with Crippen molar-refractivity contribution in [2.24, 2.45) is 0 Å². The lowest BCUT2D eigenvalue weighted by atomic mass is 10.00. The number of halogens is 6. The molecule has 1 unspecified atom stereocenters. The van der Waals surface area contributed by atoms with Crippen LogP contribution < -0.4 is 0 Å². The van der Waals surface area contributed by atoms with Gasteiger partial charge in [0.05, 0.1) is 10.0 Å². The van der Waals surface area contributed by atoms with Crippen LogP contribution in [0.1, 0.15) is 17.2 Å². The molecule has 0 saturated heterocycles. The van der Waals surface area contributed by atoms with E-state index in [2.05, 4.69) is 31.9 Å². The fraction of sp³-hybridized carbons (Fsp3) is 0.0769. The van der Waals surface area contributed by atoms with Gasteiger partial charge in [0.25, 0.3) is 0 Å². The lowest BCUT2D eigenvalue weighted by Crippen LogP contribution is -2.08. The van der Waals surface area contributed by atoms with Crippen molar-refractivity contribution < 1.29 is 22.7 Å². The van der Waals surface area contributed by atoms with Crippen molar-refractivity contribution in [1.82, 2.24) is 0 Å². The summed E-state index contributed by atoms with van der Waals surface area (Å²) in [5, 5.41) is 9.92. The zero-order valence-corrected chi connectivity index (χ0v) is 12.8. The summed E-state index contributed by atoms with van der Waals surface area (Å²) < 4.78 is 54.5. The maximum atomic E-state index is 13.7. The van der Waals surface area contributed by atoms with E-state index < -0.39 is 40.5 Å². The largest absolute Gasteiger partial charge is 0.383 e. The molecule has 0 bridgehead atoms. The van der Waals surface area contributed by atoms with E-state index in [1.165, 1.54) is 0 Å². The predicted octanol–water partition coefficient (Wildman–Crippen LogP) is 4.85. The van der Waals surface area contributed by atoms with Gasteiger partial charge in [-0.25, -0.2) is 17.6 Å². The first-order valence-electron chi connectivity index (χ1n) is 5.28. The van der Waals surface area contributed by atoms with Gasteiger partial charge in [-0.1, -0.05) is 15.9 Å². The molecular weight excluding hydrogens is 408 g/mol. The van der Waals surface area contributed by atoms with Crippen molar-refractivity contribution in [3.63, 3.8) is 0 Å². The summed E-state index contributed by atoms with van der Waals surface area (Å²) in [6, 6.07) is 3.32. The smallest absolute Gasteiger partial charge is 0.137 e. The molecule has 7 heteroatoms. The van der Waals surface area contributed by atoms with Crippen LogP contribution in [0.4, 0.5) is 17.6 Å². The Morgan fingerprint density at radius 3 is 1.90 bits per heavy atom. The first kappa shape index (κ1) is 15.5. The highest BCUT2D eigenvalue weighted by atomic mass is 79.9. The second kappa shape index (κ2) is 5.83. The minimum absolute atomic E-state index is 0.130. The highest BCUT2D eigenvalue weighted by Crippen LogP contribution is 2.32. The van der Waals surface area contributed by atoms with Gasteiger partial charge >= 0.3 is 0 Å². The average molecular weight is 414 g/mol. The van der Waals surface area contributed by atoms with Gasteiger partial charge in [-0.2, -0.15) is 0 Å². The third kappa shape index (κ3) is 2.89. The molecule has 2 aromatic carbocycles. The topological polar surface area (TPSA) is 20.2 Å². The first-order valence-corrected chi connectivity index (χ1v) is 6.86. The highest BCUT2D eigenvalue weighted by molar-refractivity contribution is 9.10. The second-order valence-corrected chi connectivity index (χ2v) is 5.74. The number of aliphatic hydroxyl groups excluding tert-OH is 1. The molecule has 0 spiro atoms. The zero-order chi connectivity index (χ0) is 15.0. The summed E-state index contributed by atoms with van der Waals surface area (Å²) in [6.45, 7) is 0. The van der Waals surface area contributed by atoms with E-state index in [9.17, 15) is 22.7 Å². The Labute approximate surface area is 128 Å². The number of hydrogen-bond donors (Lipinski definition) is 1. The van der Waals surface area contributed by atoms with E-state index in [0.717, 1.165) is 18.2 Å². The van der Waals surface area contributed by atoms with Crippen LogP contribution >= 0.6 is 31.9 Å². The van der Waals surface area contributed by atoms with Crippen LogP contribution in [-0.2, 0) is 0 Å². The Bertz CT molecular complexity index is 653. The standard InChI is InChI=1S/C13H6Br2F4O/c14-5-1-10(18)12(11(19)2-5)13(20)6-3-9(17)7(15)4-8(6)16/h1-4,13,20H. The summed E-state index contributed by atoms with van der Waals surface area (Å²) in [5.74, 6) is -3.95. The molecule has 0 aliphatic carbocycles. The number of hydrogen-bond acceptors (Lipinski definition) is 1. The molecule has 2 rings (SSSR count). The minimum Gasteiger partial charge on any atom is -0.383 e. The van der Waals surface area contributed by atoms with Crippen molar-refractivity contribution in [1.29, 1.82) is 0 Å². The summed E-state index contributed by atoms with van der Waals surface area (Å²) in [4.78, 5) is 0. The van der Waals surface area contributed by atoms with Crippen LogP contribution in [-0.4, -0.2) is 5.11 Å². The van der Waals surface area contributed by atoms with Gasteiger partial charge in [0.1, 0.15) is 29.4 Å². The summed E-state index contributed by atoms with van der Waals surface area (Å²) in [6.07, 6.45) is -1.95. The summed E-state index contributed by atoms with van der Waals surface area (Å²) >= 11 is 5.66. The molecule has 0 saturated carbocycles. The maximum Gasteiger partial charge on any atom is 0.137 e. The van der Waals surface area contributed by atoms with E-state index in [1.54, 1.807) is 0 Å². The van der Waals surface area contributed by atoms with E-state index in [-0.39, 0.29) is 8.95 Å². The predicted molar refractivity (Wildman–Crippen MR) is 72.2 cm³/mol. The molecule has 0 aliphatic rings. The second-order valence-electron chi connectivity index (χ2n) is 3.97. The van der Waals surface area contributed by atoms with Crippen LogP contribution in [0.15, 0.2) is 33.2 Å². The Morgan fingerprint density at radius 2 is 1.35 bits per heavy atom. The van der Waals surface area contributed by atoms with Crippen molar-refractivity contribution >= 4 is 31.9 Å². The SMILES string of the molecule is OC(c1cc(F)c(Br)cc1F)c1c(F)cc(Br)cc1F. The molecule has 0 aromatic heterocycles. The molecule has 0 radical (unpaired) electrons. The molecule has 1 atom stereocenters. The maximum absolute atomic E-state index is 13.7. The summed E-state index contributed by atoms with van der Waals surface area (Å²) in [7, 11) is 0. The molecular formula is C13H6Br2F4O. The van der Waals surface area contributed by atoms with E-state index in [4.69, 9.17) is 0 Å². The first-order chi connectivity index (χ1) is 9.31. The molecule has 0 heterocycles. The molecule has 0 aliphatic heterocycles. The molecule has 0 fully saturated rings. The lowest BCUT2D eigenvalue weighted by molar-refractivity contribution is 0.203. The third-order valence-electron chi connectivity index (χ3n) is 2.65. The highest BCUT2D eigenvalue weighted by Gasteiger charge is 2.24. The van der Waals surface area contributed by atoms with E-state index >= 15 is 0 Å². The van der Waals surface area contributed by atoms with Crippen molar-refractivity contribution in [3.05, 3.63) is 67.6 Å². The average Bonchev–Trinajstić information content (AvgIpc) is 2.32. The third-order valence-corrected chi connectivity index (χ3v) is 3.72. The molecule has 0 amide bonds. The Hall–Kier alpha value is -0.920. The van der Waals surface area contributed by atoms with Crippen LogP contribution in [0.25, 0.3) is 0 Å². The van der Waals surface area contributed by atoms with Crippen molar-refractivity contribution in [2.45, 2.75) is 6.10 Å². The van der Waals surface area contributed by atoms with Gasteiger partial charge in [-0.05, 0) is 40.2 Å². The molecule has 20 heavy (non-hydrogen) atoms. The van der Waals surface area contributed by atoms with Gasteiger partial charge in [-0.15, -0.1) is 0 Å². The van der Waals surface area contributed by atoms with Crippen LogP contribution in [0.2, 0.25) is 0 Å². The van der Waals surface area contributed by atoms with Crippen LogP contribution in [0.5, 0.6) is 0 Å². The van der Waals surface area contributed by atoms with Crippen molar-refractivity contribution in [3.8, 4) is 0 Å². The van der Waals surface area contributed by atoms with Gasteiger partial charge < -0.3 is 5.11 Å². The molecule has 1 N–H and O–H groups in total. The monoisotopic (exact) mass is 412 g/mol. The minimum atomic E-state index is -1.95. The normalized spacial score (nSPS) is 12.6. The molecule has 2 aromatic rings. The Kier molecular flexibility index (Phi) is 4.51. The Morgan fingerprint density at radius 1 is 0.800 bits per heavy atom. The lowest BCUT2D eigenvalue weighted by Gasteiger charge is -2.15. The Balaban J connectivity index is 2.57. The van der Waals surface area contributed by atoms with Gasteiger partial charge in [0.15, 0.2) is 0 Å². The van der Waals surface area contributed by atoms with E-state index in [1.807, 2.05) is 0 Å². The fourth-order valence-electron chi connectivity index (χ4n) is 1.72. The number of benzene rings is 2. The van der Waals surface area contributed by atoms with Gasteiger partial charge in [0.2, 0.25) is 0 Å². The van der Waals surface area contributed by atoms with Crippen molar-refractivity contribution in [2.75, 3.05) is 0 Å². The van der Waals surface area contributed by atoms with Gasteiger partial charge in [0, 0.05) is 10.0 Å². The summed E-state index contributed by atoms with van der Waals surface area (Å²) in [5.41, 5.74) is -1.29. The van der Waals surface area contributed by atoms with Crippen LogP contribution in [0, 0.1) is 23.3 Å². The molecule has 106 valence electrons. The van der Waals surface area contributed by atoms with Gasteiger partial charge in [-0.3, -0.25) is 0 Å².